The van der Waals surface area contributed by atoms with Crippen LogP contribution in [0.25, 0.3) is 0 Å². The number of hydrogen-bond donors (Lipinski definition) is 0. The molecule has 0 aliphatic carbocycles. The summed E-state index contributed by atoms with van der Waals surface area (Å²) in [6.45, 7) is 5.48. The summed E-state index contributed by atoms with van der Waals surface area (Å²) in [7, 11) is 0. The van der Waals surface area contributed by atoms with Gasteiger partial charge in [-0.1, -0.05) is 13.3 Å². The quantitative estimate of drug-likeness (QED) is 0.509. The molecule has 0 radical (unpaired) electrons. The lowest BCUT2D eigenvalue weighted by Crippen LogP contribution is -2.43. The lowest BCUT2D eigenvalue weighted by atomic mass is 10.4. The molecule has 14 heavy (non-hydrogen) atoms. The summed E-state index contributed by atoms with van der Waals surface area (Å²) in [4.78, 5) is 5.36. The number of hydrogen-bond acceptors (Lipinski definition) is 2. The summed E-state index contributed by atoms with van der Waals surface area (Å²) in [5.74, 6) is 0.766. The van der Waals surface area contributed by atoms with E-state index in [0.717, 1.165) is 25.3 Å². The molecule has 3 nitrogen and oxygen atoms in total. The number of pyridine rings is 1. The minimum absolute atomic E-state index is 0.638. The summed E-state index contributed by atoms with van der Waals surface area (Å²) >= 11 is 0. The van der Waals surface area contributed by atoms with Crippen molar-refractivity contribution in [1.29, 1.82) is 0 Å². The normalized spacial score (nSPS) is 9.86. The Bertz CT molecular complexity index is 263. The van der Waals surface area contributed by atoms with Gasteiger partial charge in [-0.05, 0) is 19.4 Å². The topological polar surface area (TPSA) is 22.3 Å². The number of ether oxygens (including phenoxy) is 1. The van der Waals surface area contributed by atoms with Gasteiger partial charge in [0.1, 0.15) is 0 Å². The van der Waals surface area contributed by atoms with Gasteiger partial charge in [-0.3, -0.25) is 4.84 Å². The van der Waals surface area contributed by atoms with Gasteiger partial charge in [0.05, 0.1) is 12.7 Å². The van der Waals surface area contributed by atoms with E-state index in [1.165, 1.54) is 0 Å². The Morgan fingerprint density at radius 3 is 2.86 bits per heavy atom. The van der Waals surface area contributed by atoms with Crippen molar-refractivity contribution in [3.05, 3.63) is 24.4 Å². The first kappa shape index (κ1) is 10.8. The lowest BCUT2D eigenvalue weighted by molar-refractivity contribution is -0.892. The Morgan fingerprint density at radius 2 is 2.14 bits per heavy atom. The number of rotatable bonds is 6. The third-order valence-electron chi connectivity index (χ3n) is 1.80. The second kappa shape index (κ2) is 6.24. The third-order valence-corrected chi connectivity index (χ3v) is 1.80. The summed E-state index contributed by atoms with van der Waals surface area (Å²) in [6.07, 6.45) is 4.06. The fraction of sp³-hybridized carbons (Fsp3) is 0.545. The van der Waals surface area contributed by atoms with Crippen molar-refractivity contribution in [3.63, 3.8) is 0 Å². The highest BCUT2D eigenvalue weighted by atomic mass is 16.7. The van der Waals surface area contributed by atoms with Crippen LogP contribution in [-0.2, 0) is 0 Å². The van der Waals surface area contributed by atoms with E-state index in [4.69, 9.17) is 9.57 Å². The zero-order valence-electron chi connectivity index (χ0n) is 8.90. The molecule has 0 N–H and O–H groups in total. The van der Waals surface area contributed by atoms with E-state index < -0.39 is 0 Å². The van der Waals surface area contributed by atoms with Crippen molar-refractivity contribution in [2.75, 3.05) is 13.2 Å². The first-order valence-corrected chi connectivity index (χ1v) is 5.15. The molecule has 78 valence electrons. The van der Waals surface area contributed by atoms with Crippen LogP contribution in [0.3, 0.4) is 0 Å². The lowest BCUT2D eigenvalue weighted by Gasteiger charge is -2.02. The van der Waals surface area contributed by atoms with Crippen molar-refractivity contribution in [1.82, 2.24) is 0 Å². The molecule has 1 aromatic rings. The third kappa shape index (κ3) is 3.24. The van der Waals surface area contributed by atoms with Gasteiger partial charge in [-0.25, -0.2) is 0 Å². The molecule has 0 aliphatic heterocycles. The van der Waals surface area contributed by atoms with Crippen molar-refractivity contribution in [3.8, 4) is 5.88 Å². The summed E-state index contributed by atoms with van der Waals surface area (Å²) in [5.41, 5.74) is 0. The molecule has 0 amide bonds. The maximum atomic E-state index is 5.57. The second-order valence-corrected chi connectivity index (χ2v) is 2.98. The van der Waals surface area contributed by atoms with Gasteiger partial charge < -0.3 is 4.74 Å². The standard InChI is InChI=1S/C11H18NO2/c1-3-5-10-13-11-8-6-7-9-12(11)14-4-2/h6-9H,3-5,10H2,1-2H3/q+1. The van der Waals surface area contributed by atoms with Crippen molar-refractivity contribution < 1.29 is 14.3 Å². The Morgan fingerprint density at radius 1 is 1.29 bits per heavy atom. The van der Waals surface area contributed by atoms with Crippen molar-refractivity contribution >= 4 is 0 Å². The summed E-state index contributed by atoms with van der Waals surface area (Å²) < 4.78 is 7.23. The first-order valence-electron chi connectivity index (χ1n) is 5.15. The summed E-state index contributed by atoms with van der Waals surface area (Å²) in [5, 5.41) is 0. The molecule has 3 heteroatoms. The number of unbranched alkanes of at least 4 members (excludes halogenated alkanes) is 1. The molecule has 0 aliphatic rings. The molecule has 0 unspecified atom stereocenters. The van der Waals surface area contributed by atoms with Crippen LogP contribution in [0.5, 0.6) is 5.88 Å². The van der Waals surface area contributed by atoms with Gasteiger partial charge in [-0.2, -0.15) is 0 Å². The molecule has 0 spiro atoms. The van der Waals surface area contributed by atoms with E-state index in [2.05, 4.69) is 6.92 Å². The maximum Gasteiger partial charge on any atom is 0.416 e. The van der Waals surface area contributed by atoms with Crippen LogP contribution in [0.4, 0.5) is 0 Å². The smallest absolute Gasteiger partial charge is 0.416 e. The summed E-state index contributed by atoms with van der Waals surface area (Å²) in [6, 6.07) is 5.77. The van der Waals surface area contributed by atoms with Crippen LogP contribution < -0.4 is 14.3 Å². The molecule has 0 bridgehead atoms. The highest BCUT2D eigenvalue weighted by Gasteiger charge is 2.11. The maximum absolute atomic E-state index is 5.57. The highest BCUT2D eigenvalue weighted by Crippen LogP contribution is 2.01. The van der Waals surface area contributed by atoms with Gasteiger partial charge in [-0.15, -0.1) is 0 Å². The predicted octanol–water partition coefficient (Wildman–Crippen LogP) is 1.60. The molecule has 0 saturated carbocycles. The zero-order valence-corrected chi connectivity index (χ0v) is 8.90. The average Bonchev–Trinajstić information content (AvgIpc) is 2.21. The molecule has 1 heterocycles. The minimum Gasteiger partial charge on any atom is -0.441 e. The zero-order chi connectivity index (χ0) is 10.2. The van der Waals surface area contributed by atoms with E-state index in [1.807, 2.05) is 31.3 Å². The largest absolute Gasteiger partial charge is 0.441 e. The highest BCUT2D eigenvalue weighted by molar-refractivity contribution is 5.01. The van der Waals surface area contributed by atoms with E-state index >= 15 is 0 Å². The monoisotopic (exact) mass is 196 g/mol. The predicted molar refractivity (Wildman–Crippen MR) is 54.2 cm³/mol. The Balaban J connectivity index is 2.55. The second-order valence-electron chi connectivity index (χ2n) is 2.98. The van der Waals surface area contributed by atoms with Crippen molar-refractivity contribution in [2.24, 2.45) is 0 Å². The molecular formula is C11H18NO2+. The van der Waals surface area contributed by atoms with E-state index in [1.54, 1.807) is 4.73 Å². The fourth-order valence-corrected chi connectivity index (χ4v) is 1.09. The van der Waals surface area contributed by atoms with Crippen molar-refractivity contribution in [2.45, 2.75) is 26.7 Å². The van der Waals surface area contributed by atoms with E-state index in [9.17, 15) is 0 Å². The van der Waals surface area contributed by atoms with Gasteiger partial charge in [0.2, 0.25) is 6.20 Å². The van der Waals surface area contributed by atoms with Crippen LogP contribution in [0.2, 0.25) is 0 Å². The molecule has 0 fully saturated rings. The van der Waals surface area contributed by atoms with Gasteiger partial charge in [0, 0.05) is 10.8 Å². The molecule has 1 aromatic heterocycles. The van der Waals surface area contributed by atoms with Crippen LogP contribution in [0.15, 0.2) is 24.4 Å². The number of aromatic nitrogens is 1. The molecule has 1 rings (SSSR count). The Labute approximate surface area is 85.2 Å². The fourth-order valence-electron chi connectivity index (χ4n) is 1.09. The molecule has 0 atom stereocenters. The van der Waals surface area contributed by atoms with Crippen LogP contribution in [0.1, 0.15) is 26.7 Å². The van der Waals surface area contributed by atoms with Crippen LogP contribution in [0, 0.1) is 0 Å². The van der Waals surface area contributed by atoms with Gasteiger partial charge in [0.15, 0.2) is 6.61 Å². The van der Waals surface area contributed by atoms with Gasteiger partial charge in [0.25, 0.3) is 0 Å². The van der Waals surface area contributed by atoms with Gasteiger partial charge >= 0.3 is 5.88 Å². The van der Waals surface area contributed by atoms with E-state index in [-0.39, 0.29) is 0 Å². The first-order chi connectivity index (χ1) is 6.88. The average molecular weight is 196 g/mol. The molecular weight excluding hydrogens is 178 g/mol. The SMILES string of the molecule is CCCCOc1cccc[n+]1OCC. The molecule has 0 aromatic carbocycles. The van der Waals surface area contributed by atoms with Crippen LogP contribution >= 0.6 is 0 Å². The minimum atomic E-state index is 0.638. The van der Waals surface area contributed by atoms with Crippen LogP contribution in [-0.4, -0.2) is 13.2 Å². The van der Waals surface area contributed by atoms with E-state index in [0.29, 0.717) is 6.61 Å². The Hall–Kier alpha value is -1.25. The molecule has 0 saturated heterocycles. The Kier molecular flexibility index (Phi) is 4.83. The number of nitrogens with zero attached hydrogens (tertiary/aromatic N) is 1.